The summed E-state index contributed by atoms with van der Waals surface area (Å²) in [4.78, 5) is 4.46. The summed E-state index contributed by atoms with van der Waals surface area (Å²) in [5.41, 5.74) is 5.85. The van der Waals surface area contributed by atoms with Gasteiger partial charge in [0.1, 0.15) is 5.52 Å². The normalized spacial score (nSPS) is 11.2. The number of fused-ring (bicyclic) bond motifs is 1. The minimum absolute atomic E-state index is 0.846. The van der Waals surface area contributed by atoms with E-state index in [4.69, 9.17) is 0 Å². The first-order chi connectivity index (χ1) is 11.2. The summed E-state index contributed by atoms with van der Waals surface area (Å²) in [6.45, 7) is 0.846. The van der Waals surface area contributed by atoms with Gasteiger partial charge in [0.2, 0.25) is 0 Å². The van der Waals surface area contributed by atoms with Crippen LogP contribution < -0.4 is 0 Å². The van der Waals surface area contributed by atoms with Gasteiger partial charge in [0.15, 0.2) is 0 Å². The molecule has 0 unspecified atom stereocenters. The molecule has 3 aromatic heterocycles. The average Bonchev–Trinajstić information content (AvgIpc) is 3.13. The largest absolute Gasteiger partial charge is 0.341 e. The van der Waals surface area contributed by atoms with E-state index in [2.05, 4.69) is 73.8 Å². The summed E-state index contributed by atoms with van der Waals surface area (Å²) >= 11 is 2.34. The summed E-state index contributed by atoms with van der Waals surface area (Å²) in [5.74, 6) is 0. The highest BCUT2D eigenvalue weighted by atomic mass is 127. The molecule has 0 saturated heterocycles. The maximum absolute atomic E-state index is 4.46. The molecule has 0 N–H and O–H groups in total. The molecule has 0 aliphatic rings. The number of rotatable bonds is 3. The van der Waals surface area contributed by atoms with Gasteiger partial charge in [-0.05, 0) is 45.9 Å². The zero-order valence-corrected chi connectivity index (χ0v) is 14.8. The third-order valence-corrected chi connectivity index (χ3v) is 4.73. The van der Waals surface area contributed by atoms with Crippen molar-refractivity contribution in [3.8, 4) is 11.1 Å². The van der Waals surface area contributed by atoms with Crippen LogP contribution in [0.3, 0.4) is 0 Å². The molecule has 0 radical (unpaired) electrons. The minimum Gasteiger partial charge on any atom is -0.341 e. The quantitative estimate of drug-likeness (QED) is 0.474. The van der Waals surface area contributed by atoms with E-state index < -0.39 is 0 Å². The lowest BCUT2D eigenvalue weighted by Gasteiger charge is -2.06. The molecule has 0 aliphatic carbocycles. The predicted octanol–water partition coefficient (Wildman–Crippen LogP) is 4.09. The summed E-state index contributed by atoms with van der Waals surface area (Å²) in [7, 11) is 1.94. The van der Waals surface area contributed by atoms with Crippen LogP contribution in [0.25, 0.3) is 22.2 Å². The maximum atomic E-state index is 4.46. The molecule has 0 saturated carbocycles. The molecule has 4 rings (SSSR count). The molecule has 0 amide bonds. The summed E-state index contributed by atoms with van der Waals surface area (Å²) in [6, 6.07) is 12.8. The van der Waals surface area contributed by atoms with Crippen LogP contribution in [0.2, 0.25) is 0 Å². The highest BCUT2D eigenvalue weighted by Gasteiger charge is 2.07. The van der Waals surface area contributed by atoms with Gasteiger partial charge in [0.25, 0.3) is 0 Å². The summed E-state index contributed by atoms with van der Waals surface area (Å²) in [5, 5.41) is 4.22. The fourth-order valence-corrected chi connectivity index (χ4v) is 3.53. The zero-order chi connectivity index (χ0) is 15.8. The molecule has 0 fully saturated rings. The van der Waals surface area contributed by atoms with Crippen molar-refractivity contribution >= 4 is 33.6 Å². The van der Waals surface area contributed by atoms with Gasteiger partial charge < -0.3 is 4.57 Å². The van der Waals surface area contributed by atoms with E-state index in [9.17, 15) is 0 Å². The highest BCUT2D eigenvalue weighted by molar-refractivity contribution is 14.1. The van der Waals surface area contributed by atoms with E-state index in [-0.39, 0.29) is 0 Å². The third kappa shape index (κ3) is 2.76. The Labute approximate surface area is 147 Å². The van der Waals surface area contributed by atoms with Crippen LogP contribution in [0.4, 0.5) is 0 Å². The van der Waals surface area contributed by atoms with Gasteiger partial charge in [0, 0.05) is 37.7 Å². The fourth-order valence-electron chi connectivity index (χ4n) is 2.78. The van der Waals surface area contributed by atoms with Gasteiger partial charge in [-0.15, -0.1) is 0 Å². The molecule has 0 aliphatic heterocycles. The zero-order valence-electron chi connectivity index (χ0n) is 12.6. The molecule has 0 atom stereocenters. The van der Waals surface area contributed by atoms with E-state index in [1.165, 1.54) is 20.2 Å². The van der Waals surface area contributed by atoms with Gasteiger partial charge in [-0.25, -0.2) is 0 Å². The second kappa shape index (κ2) is 5.81. The number of hydrogen-bond acceptors (Lipinski definition) is 2. The third-order valence-electron chi connectivity index (χ3n) is 3.94. The van der Waals surface area contributed by atoms with Crippen LogP contribution in [0.5, 0.6) is 0 Å². The Morgan fingerprint density at radius 1 is 1.04 bits per heavy atom. The molecule has 4 aromatic rings. The Hall–Kier alpha value is -2.15. The van der Waals surface area contributed by atoms with Crippen molar-refractivity contribution in [2.45, 2.75) is 6.54 Å². The van der Waals surface area contributed by atoms with Crippen molar-refractivity contribution < 1.29 is 0 Å². The lowest BCUT2D eigenvalue weighted by atomic mass is 10.1. The number of hydrogen-bond donors (Lipinski definition) is 0. The number of halogens is 1. The van der Waals surface area contributed by atoms with E-state index >= 15 is 0 Å². The smallest absolute Gasteiger partial charge is 0.101 e. The van der Waals surface area contributed by atoms with Gasteiger partial charge >= 0.3 is 0 Å². The van der Waals surface area contributed by atoms with Crippen LogP contribution >= 0.6 is 22.6 Å². The van der Waals surface area contributed by atoms with Crippen LogP contribution in [0.15, 0.2) is 61.2 Å². The molecule has 3 heterocycles. The Bertz CT molecular complexity index is 966. The number of aromatic nitrogens is 4. The first-order valence-corrected chi connectivity index (χ1v) is 8.46. The van der Waals surface area contributed by atoms with Crippen LogP contribution in [0.1, 0.15) is 5.56 Å². The molecular weight excluding hydrogens is 399 g/mol. The Kier molecular flexibility index (Phi) is 3.65. The van der Waals surface area contributed by atoms with Gasteiger partial charge in [-0.2, -0.15) is 5.10 Å². The van der Waals surface area contributed by atoms with Gasteiger partial charge in [0.05, 0.1) is 15.3 Å². The predicted molar refractivity (Wildman–Crippen MR) is 100 cm³/mol. The van der Waals surface area contributed by atoms with Crippen molar-refractivity contribution in [1.29, 1.82) is 0 Å². The van der Waals surface area contributed by atoms with Crippen LogP contribution in [0, 0.1) is 3.57 Å². The second-order valence-electron chi connectivity index (χ2n) is 5.58. The highest BCUT2D eigenvalue weighted by Crippen LogP contribution is 2.23. The molecule has 23 heavy (non-hydrogen) atoms. The van der Waals surface area contributed by atoms with E-state index in [0.717, 1.165) is 17.6 Å². The summed E-state index contributed by atoms with van der Waals surface area (Å²) in [6.07, 6.45) is 7.93. The SMILES string of the molecule is Cn1cc(-c2ccc(Cn3cc(I)c4ncccc43)cc2)cn1. The van der Waals surface area contributed by atoms with Gasteiger partial charge in [-0.3, -0.25) is 9.67 Å². The summed E-state index contributed by atoms with van der Waals surface area (Å²) < 4.78 is 5.26. The van der Waals surface area contributed by atoms with E-state index in [1.54, 1.807) is 0 Å². The van der Waals surface area contributed by atoms with E-state index in [0.29, 0.717) is 0 Å². The van der Waals surface area contributed by atoms with Crippen LogP contribution in [-0.4, -0.2) is 19.3 Å². The Balaban J connectivity index is 1.63. The lowest BCUT2D eigenvalue weighted by Crippen LogP contribution is -1.97. The second-order valence-corrected chi connectivity index (χ2v) is 6.74. The van der Waals surface area contributed by atoms with E-state index in [1.807, 2.05) is 36.4 Å². The molecular formula is C18H15IN4. The topological polar surface area (TPSA) is 35.6 Å². The standard InChI is InChI=1S/C18H15IN4/c1-22-11-15(9-21-22)14-6-4-13(5-7-14)10-23-12-16(19)18-17(23)3-2-8-20-18/h2-9,11-12H,10H2,1H3. The lowest BCUT2D eigenvalue weighted by molar-refractivity contribution is 0.768. The van der Waals surface area contributed by atoms with Crippen molar-refractivity contribution in [2.75, 3.05) is 0 Å². The van der Waals surface area contributed by atoms with Crippen molar-refractivity contribution in [3.05, 3.63) is 70.3 Å². The number of nitrogens with zero attached hydrogens (tertiary/aromatic N) is 4. The molecule has 0 spiro atoms. The number of benzene rings is 1. The fraction of sp³-hybridized carbons (Fsp3) is 0.111. The molecule has 1 aromatic carbocycles. The van der Waals surface area contributed by atoms with Crippen LogP contribution in [-0.2, 0) is 13.6 Å². The van der Waals surface area contributed by atoms with Crippen molar-refractivity contribution in [2.24, 2.45) is 7.05 Å². The van der Waals surface area contributed by atoms with Gasteiger partial charge in [-0.1, -0.05) is 24.3 Å². The molecule has 4 nitrogen and oxygen atoms in total. The van der Waals surface area contributed by atoms with Crippen molar-refractivity contribution in [3.63, 3.8) is 0 Å². The Morgan fingerprint density at radius 2 is 1.87 bits per heavy atom. The Morgan fingerprint density at radius 3 is 2.61 bits per heavy atom. The average molecular weight is 414 g/mol. The number of aryl methyl sites for hydroxylation is 1. The monoisotopic (exact) mass is 414 g/mol. The molecule has 114 valence electrons. The maximum Gasteiger partial charge on any atom is 0.101 e. The number of pyridine rings is 1. The van der Waals surface area contributed by atoms with Crippen molar-refractivity contribution in [1.82, 2.24) is 19.3 Å². The molecule has 5 heteroatoms. The minimum atomic E-state index is 0.846. The first kappa shape index (κ1) is 14.4. The first-order valence-electron chi connectivity index (χ1n) is 7.38. The molecule has 0 bridgehead atoms.